The quantitative estimate of drug-likeness (QED) is 0.596. The van der Waals surface area contributed by atoms with Gasteiger partial charge in [0.2, 0.25) is 5.91 Å². The van der Waals surface area contributed by atoms with Gasteiger partial charge < -0.3 is 9.64 Å². The minimum atomic E-state index is 0.189. The van der Waals surface area contributed by atoms with Gasteiger partial charge in [0.1, 0.15) is 0 Å². The molecule has 3 aliphatic rings. The number of hydrogen-bond acceptors (Lipinski definition) is 2. The van der Waals surface area contributed by atoms with Crippen LogP contribution in [-0.4, -0.2) is 42.0 Å². The van der Waals surface area contributed by atoms with Gasteiger partial charge in [-0.05, 0) is 6.42 Å². The second-order valence-corrected chi connectivity index (χ2v) is 3.70. The molecule has 0 aromatic rings. The lowest BCUT2D eigenvalue weighted by Crippen LogP contribution is -2.65. The van der Waals surface area contributed by atoms with Gasteiger partial charge in [0.15, 0.2) is 0 Å². The van der Waals surface area contributed by atoms with Crippen LogP contribution in [0.3, 0.4) is 0 Å². The van der Waals surface area contributed by atoms with Crippen LogP contribution in [0, 0.1) is 0 Å². The molecule has 3 fully saturated rings. The smallest absolute Gasteiger partial charge is 0.224 e. The Bertz CT molecular complexity index is 183. The van der Waals surface area contributed by atoms with Crippen molar-refractivity contribution in [1.82, 2.24) is 4.90 Å². The first-order valence-corrected chi connectivity index (χ1v) is 4.81. The van der Waals surface area contributed by atoms with Gasteiger partial charge >= 0.3 is 0 Å². The summed E-state index contributed by atoms with van der Waals surface area (Å²) in [4.78, 5) is 13.4. The summed E-state index contributed by atoms with van der Waals surface area (Å²) in [6.07, 6.45) is 1.59. The maximum atomic E-state index is 11.4. The average Bonchev–Trinajstić information content (AvgIpc) is 2.05. The van der Waals surface area contributed by atoms with Crippen LogP contribution in [0.1, 0.15) is 12.8 Å². The van der Waals surface area contributed by atoms with Gasteiger partial charge in [0.05, 0.1) is 25.3 Å². The number of morpholine rings is 1. The summed E-state index contributed by atoms with van der Waals surface area (Å²) in [5.41, 5.74) is 0. The van der Waals surface area contributed by atoms with E-state index in [9.17, 15) is 4.79 Å². The highest BCUT2D eigenvalue weighted by atomic mass is 35.5. The maximum Gasteiger partial charge on any atom is 0.224 e. The van der Waals surface area contributed by atoms with E-state index in [1.165, 1.54) is 0 Å². The van der Waals surface area contributed by atoms with Gasteiger partial charge in [-0.3, -0.25) is 4.79 Å². The van der Waals surface area contributed by atoms with Crippen molar-refractivity contribution in [3.05, 3.63) is 0 Å². The second-order valence-electron chi connectivity index (χ2n) is 3.32. The first-order valence-electron chi connectivity index (χ1n) is 4.28. The van der Waals surface area contributed by atoms with Crippen LogP contribution in [0.4, 0.5) is 0 Å². The standard InChI is InChI=1S/C8H12ClNO2/c9-2-1-8(11)10-6-3-7(10)5-12-4-6/h6-7H,1-5H2/t6-,7-/m1/s1. The number of halogens is 1. The first kappa shape index (κ1) is 8.32. The molecule has 0 saturated carbocycles. The molecule has 0 N–H and O–H groups in total. The summed E-state index contributed by atoms with van der Waals surface area (Å²) in [7, 11) is 0. The summed E-state index contributed by atoms with van der Waals surface area (Å²) >= 11 is 5.50. The summed E-state index contributed by atoms with van der Waals surface area (Å²) in [5.74, 6) is 0.616. The second kappa shape index (κ2) is 3.23. The molecule has 1 amide bonds. The highest BCUT2D eigenvalue weighted by Gasteiger charge is 2.44. The molecule has 3 aliphatic heterocycles. The van der Waals surface area contributed by atoms with E-state index in [4.69, 9.17) is 16.3 Å². The van der Waals surface area contributed by atoms with E-state index in [0.29, 0.717) is 37.6 Å². The van der Waals surface area contributed by atoms with Gasteiger partial charge in [-0.25, -0.2) is 0 Å². The Labute approximate surface area is 76.6 Å². The molecule has 3 rings (SSSR count). The predicted molar refractivity (Wildman–Crippen MR) is 45.2 cm³/mol. The monoisotopic (exact) mass is 189 g/mol. The number of hydrogen-bond donors (Lipinski definition) is 0. The van der Waals surface area contributed by atoms with Crippen molar-refractivity contribution in [2.45, 2.75) is 24.9 Å². The third-order valence-corrected chi connectivity index (χ3v) is 2.74. The van der Waals surface area contributed by atoms with E-state index in [2.05, 4.69) is 0 Å². The van der Waals surface area contributed by atoms with Crippen molar-refractivity contribution in [3.63, 3.8) is 0 Å². The van der Waals surface area contributed by atoms with E-state index in [0.717, 1.165) is 6.42 Å². The largest absolute Gasteiger partial charge is 0.377 e. The topological polar surface area (TPSA) is 29.5 Å². The molecule has 2 atom stereocenters. The molecular weight excluding hydrogens is 178 g/mol. The number of alkyl halides is 1. The number of nitrogens with zero attached hydrogens (tertiary/aromatic N) is 1. The van der Waals surface area contributed by atoms with Crippen LogP contribution < -0.4 is 0 Å². The van der Waals surface area contributed by atoms with E-state index in [-0.39, 0.29) is 5.91 Å². The zero-order valence-corrected chi connectivity index (χ0v) is 7.59. The Morgan fingerprint density at radius 1 is 1.50 bits per heavy atom. The van der Waals surface area contributed by atoms with Gasteiger partial charge in [0, 0.05) is 12.3 Å². The van der Waals surface area contributed by atoms with Crippen LogP contribution in [-0.2, 0) is 9.53 Å². The van der Waals surface area contributed by atoms with Crippen molar-refractivity contribution >= 4 is 17.5 Å². The van der Waals surface area contributed by atoms with E-state index in [1.807, 2.05) is 4.90 Å². The van der Waals surface area contributed by atoms with E-state index in [1.54, 1.807) is 0 Å². The number of amides is 1. The SMILES string of the molecule is O=C(CCCl)N1[C@H]2COC[C@H]1C2. The maximum absolute atomic E-state index is 11.4. The molecule has 3 nitrogen and oxygen atoms in total. The molecule has 2 bridgehead atoms. The van der Waals surface area contributed by atoms with Crippen molar-refractivity contribution in [3.8, 4) is 0 Å². The molecule has 0 aromatic carbocycles. The van der Waals surface area contributed by atoms with E-state index < -0.39 is 0 Å². The van der Waals surface area contributed by atoms with Crippen LogP contribution >= 0.6 is 11.6 Å². The average molecular weight is 190 g/mol. The third kappa shape index (κ3) is 1.21. The Hall–Kier alpha value is -0.280. The van der Waals surface area contributed by atoms with Crippen LogP contribution in [0.25, 0.3) is 0 Å². The number of fused-ring (bicyclic) bond motifs is 2. The zero-order valence-electron chi connectivity index (χ0n) is 6.83. The normalized spacial score (nSPS) is 32.9. The number of ether oxygens (including phenoxy) is 1. The van der Waals surface area contributed by atoms with Gasteiger partial charge in [-0.1, -0.05) is 0 Å². The molecule has 68 valence electrons. The molecule has 0 aromatic heterocycles. The van der Waals surface area contributed by atoms with Crippen molar-refractivity contribution < 1.29 is 9.53 Å². The van der Waals surface area contributed by atoms with Crippen molar-refractivity contribution in [2.75, 3.05) is 19.1 Å². The fraction of sp³-hybridized carbons (Fsp3) is 0.875. The molecule has 3 saturated heterocycles. The van der Waals surface area contributed by atoms with E-state index >= 15 is 0 Å². The highest BCUT2D eigenvalue weighted by Crippen LogP contribution is 2.31. The number of carbonyl (C=O) groups excluding carboxylic acids is 1. The predicted octanol–water partition coefficient (Wildman–Crippen LogP) is 0.615. The Morgan fingerprint density at radius 3 is 2.67 bits per heavy atom. The van der Waals surface area contributed by atoms with Gasteiger partial charge in [0.25, 0.3) is 0 Å². The van der Waals surface area contributed by atoms with Crippen molar-refractivity contribution in [2.24, 2.45) is 0 Å². The lowest BCUT2D eigenvalue weighted by molar-refractivity contribution is -0.166. The lowest BCUT2D eigenvalue weighted by Gasteiger charge is -2.52. The number of rotatable bonds is 2. The summed E-state index contributed by atoms with van der Waals surface area (Å²) in [6, 6.07) is 0.693. The minimum absolute atomic E-state index is 0.189. The molecule has 12 heavy (non-hydrogen) atoms. The van der Waals surface area contributed by atoms with Crippen LogP contribution in [0.5, 0.6) is 0 Å². The molecule has 0 unspecified atom stereocenters. The molecule has 0 radical (unpaired) electrons. The molecule has 0 spiro atoms. The zero-order chi connectivity index (χ0) is 8.55. The fourth-order valence-electron chi connectivity index (χ4n) is 1.96. The van der Waals surface area contributed by atoms with Crippen LogP contribution in [0.15, 0.2) is 0 Å². The van der Waals surface area contributed by atoms with Crippen molar-refractivity contribution in [1.29, 1.82) is 0 Å². The molecule has 4 heteroatoms. The lowest BCUT2D eigenvalue weighted by atomic mass is 9.91. The van der Waals surface area contributed by atoms with Gasteiger partial charge in [-0.15, -0.1) is 11.6 Å². The summed E-state index contributed by atoms with van der Waals surface area (Å²) in [5, 5.41) is 0. The Balaban J connectivity index is 1.92. The minimum Gasteiger partial charge on any atom is -0.377 e. The fourth-order valence-corrected chi connectivity index (χ4v) is 2.12. The molecular formula is C8H12ClNO2. The Morgan fingerprint density at radius 2 is 2.17 bits per heavy atom. The first-order chi connectivity index (χ1) is 5.83. The van der Waals surface area contributed by atoms with Crippen LogP contribution in [0.2, 0.25) is 0 Å². The summed E-state index contributed by atoms with van der Waals surface area (Å²) in [6.45, 7) is 1.43. The Kier molecular flexibility index (Phi) is 2.24. The molecule has 0 aliphatic carbocycles. The third-order valence-electron chi connectivity index (χ3n) is 2.55. The highest BCUT2D eigenvalue weighted by molar-refractivity contribution is 6.18. The molecule has 3 heterocycles. The summed E-state index contributed by atoms with van der Waals surface area (Å²) < 4.78 is 5.26. The van der Waals surface area contributed by atoms with Gasteiger partial charge in [-0.2, -0.15) is 0 Å². The number of carbonyl (C=O) groups is 1.